The maximum atomic E-state index is 12.9. The number of ether oxygens (including phenoxy) is 3. The highest BCUT2D eigenvalue weighted by molar-refractivity contribution is 9.10. The molecule has 1 amide bonds. The summed E-state index contributed by atoms with van der Waals surface area (Å²) in [6.07, 6.45) is 1.66. The van der Waals surface area contributed by atoms with Gasteiger partial charge in [0.05, 0.1) is 33.2 Å². The van der Waals surface area contributed by atoms with Crippen molar-refractivity contribution in [2.24, 2.45) is 4.99 Å². The number of aliphatic hydroxyl groups excluding tert-OH is 1. The third-order valence-electron chi connectivity index (χ3n) is 5.60. The van der Waals surface area contributed by atoms with Gasteiger partial charge in [-0.05, 0) is 83.4 Å². The Morgan fingerprint density at radius 1 is 1.02 bits per heavy atom. The average Bonchev–Trinajstić information content (AvgIpc) is 3.23. The second-order valence-electron chi connectivity index (χ2n) is 8.43. The van der Waals surface area contributed by atoms with Gasteiger partial charge < -0.3 is 19.3 Å². The highest BCUT2D eigenvalue weighted by Gasteiger charge is 2.34. The number of esters is 1. The molecule has 0 saturated carbocycles. The van der Waals surface area contributed by atoms with E-state index in [1.807, 2.05) is 31.2 Å². The SMILES string of the molecule is CCOC(=O)C1=C(O)/C(=C/c2cc(Br)c(OCc3ccc(Br)cc3)c(OCC)c2)SC1=NC(=O)c1ccccc1Cl. The molecule has 7 nitrogen and oxygen atoms in total. The molecule has 41 heavy (non-hydrogen) atoms. The molecule has 1 N–H and O–H groups in total. The highest BCUT2D eigenvalue weighted by Crippen LogP contribution is 2.42. The fourth-order valence-electron chi connectivity index (χ4n) is 3.74. The van der Waals surface area contributed by atoms with Gasteiger partial charge in [0.2, 0.25) is 0 Å². The first-order valence-corrected chi connectivity index (χ1v) is 15.2. The Balaban J connectivity index is 1.68. The molecule has 0 saturated heterocycles. The van der Waals surface area contributed by atoms with Crippen LogP contribution in [0.1, 0.15) is 35.3 Å². The van der Waals surface area contributed by atoms with Crippen molar-refractivity contribution in [2.45, 2.75) is 20.5 Å². The second-order valence-corrected chi connectivity index (χ2v) is 11.6. The van der Waals surface area contributed by atoms with Crippen LogP contribution < -0.4 is 9.47 Å². The van der Waals surface area contributed by atoms with E-state index in [0.717, 1.165) is 21.8 Å². The highest BCUT2D eigenvalue weighted by atomic mass is 79.9. The normalized spacial score (nSPS) is 15.0. The lowest BCUT2D eigenvalue weighted by molar-refractivity contribution is -0.138. The van der Waals surface area contributed by atoms with Gasteiger partial charge in [-0.25, -0.2) is 9.79 Å². The first kappa shape index (κ1) is 30.9. The zero-order valence-corrected chi connectivity index (χ0v) is 26.7. The quantitative estimate of drug-likeness (QED) is 0.222. The van der Waals surface area contributed by atoms with Crippen LogP contribution in [-0.4, -0.2) is 35.2 Å². The smallest absolute Gasteiger partial charge is 0.344 e. The van der Waals surface area contributed by atoms with E-state index in [2.05, 4.69) is 36.9 Å². The molecule has 0 unspecified atom stereocenters. The van der Waals surface area contributed by atoms with Crippen molar-refractivity contribution >= 4 is 78.2 Å². The molecule has 0 atom stereocenters. The van der Waals surface area contributed by atoms with E-state index in [1.54, 1.807) is 43.3 Å². The third kappa shape index (κ3) is 7.62. The van der Waals surface area contributed by atoms with E-state index in [1.165, 1.54) is 6.07 Å². The Morgan fingerprint density at radius 2 is 1.76 bits per heavy atom. The topological polar surface area (TPSA) is 94.4 Å². The van der Waals surface area contributed by atoms with Crippen molar-refractivity contribution < 1.29 is 28.9 Å². The van der Waals surface area contributed by atoms with Gasteiger partial charge in [-0.15, -0.1) is 0 Å². The first-order valence-electron chi connectivity index (χ1n) is 12.4. The summed E-state index contributed by atoms with van der Waals surface area (Å²) in [6, 6.07) is 17.8. The fourth-order valence-corrected chi connectivity index (χ4v) is 5.81. The van der Waals surface area contributed by atoms with Gasteiger partial charge in [0.15, 0.2) is 11.5 Å². The van der Waals surface area contributed by atoms with Crippen LogP contribution in [0.4, 0.5) is 0 Å². The summed E-state index contributed by atoms with van der Waals surface area (Å²) in [7, 11) is 0. The number of carbonyl (C=O) groups is 2. The number of amides is 1. The Morgan fingerprint density at radius 3 is 2.44 bits per heavy atom. The van der Waals surface area contributed by atoms with E-state index in [0.29, 0.717) is 39.7 Å². The minimum absolute atomic E-state index is 0.00988. The molecular formula is C30H24Br2ClNO6S. The summed E-state index contributed by atoms with van der Waals surface area (Å²) in [5.41, 5.74) is 1.61. The summed E-state index contributed by atoms with van der Waals surface area (Å²) >= 11 is 14.1. The summed E-state index contributed by atoms with van der Waals surface area (Å²) in [6.45, 7) is 4.32. The lowest BCUT2D eigenvalue weighted by Crippen LogP contribution is -2.14. The maximum absolute atomic E-state index is 12.9. The Kier molecular flexibility index (Phi) is 10.7. The Bertz CT molecular complexity index is 1570. The minimum Gasteiger partial charge on any atom is -0.506 e. The number of hydrogen-bond acceptors (Lipinski definition) is 7. The molecule has 1 aliphatic rings. The van der Waals surface area contributed by atoms with Crippen LogP contribution in [-0.2, 0) is 16.1 Å². The first-order chi connectivity index (χ1) is 19.7. The number of aliphatic imine (C=N–C) groups is 1. The van der Waals surface area contributed by atoms with Gasteiger partial charge in [0.25, 0.3) is 5.91 Å². The van der Waals surface area contributed by atoms with Crippen molar-refractivity contribution in [3.8, 4) is 11.5 Å². The number of rotatable bonds is 9. The van der Waals surface area contributed by atoms with Crippen LogP contribution in [0.2, 0.25) is 5.02 Å². The number of nitrogens with zero attached hydrogens (tertiary/aromatic N) is 1. The summed E-state index contributed by atoms with van der Waals surface area (Å²) in [5, 5.41) is 11.3. The van der Waals surface area contributed by atoms with Crippen LogP contribution in [0, 0.1) is 0 Å². The molecule has 212 valence electrons. The molecule has 3 aromatic rings. The van der Waals surface area contributed by atoms with Crippen LogP contribution >= 0.6 is 55.2 Å². The number of halogens is 3. The van der Waals surface area contributed by atoms with Gasteiger partial charge >= 0.3 is 5.97 Å². The fraction of sp³-hybridized carbons (Fsp3) is 0.167. The summed E-state index contributed by atoms with van der Waals surface area (Å²) in [4.78, 5) is 30.1. The average molecular weight is 722 g/mol. The van der Waals surface area contributed by atoms with Gasteiger partial charge in [0.1, 0.15) is 23.0 Å². The van der Waals surface area contributed by atoms with Crippen LogP contribution in [0.15, 0.2) is 90.8 Å². The van der Waals surface area contributed by atoms with Crippen molar-refractivity contribution in [1.82, 2.24) is 0 Å². The molecule has 0 radical (unpaired) electrons. The van der Waals surface area contributed by atoms with Crippen molar-refractivity contribution in [3.05, 3.63) is 108 Å². The number of carbonyl (C=O) groups excluding carboxylic acids is 2. The monoisotopic (exact) mass is 719 g/mol. The van der Waals surface area contributed by atoms with E-state index >= 15 is 0 Å². The summed E-state index contributed by atoms with van der Waals surface area (Å²) in [5.74, 6) is -0.771. The lowest BCUT2D eigenvalue weighted by Gasteiger charge is -2.15. The third-order valence-corrected chi connectivity index (χ3v) is 8.07. The summed E-state index contributed by atoms with van der Waals surface area (Å²) < 4.78 is 18.7. The predicted molar refractivity (Wildman–Crippen MR) is 169 cm³/mol. The zero-order chi connectivity index (χ0) is 29.5. The van der Waals surface area contributed by atoms with Crippen molar-refractivity contribution in [3.63, 3.8) is 0 Å². The van der Waals surface area contributed by atoms with Gasteiger partial charge in [-0.3, -0.25) is 4.79 Å². The second kappa shape index (κ2) is 14.2. The van der Waals surface area contributed by atoms with Crippen LogP contribution in [0.5, 0.6) is 11.5 Å². The number of thioether (sulfide) groups is 1. The molecule has 0 bridgehead atoms. The van der Waals surface area contributed by atoms with Crippen LogP contribution in [0.25, 0.3) is 6.08 Å². The van der Waals surface area contributed by atoms with Crippen LogP contribution in [0.3, 0.4) is 0 Å². The number of aliphatic hydroxyl groups is 1. The minimum atomic E-state index is -0.792. The maximum Gasteiger partial charge on any atom is 0.344 e. The van der Waals surface area contributed by atoms with E-state index in [9.17, 15) is 14.7 Å². The van der Waals surface area contributed by atoms with Crippen molar-refractivity contribution in [2.75, 3.05) is 13.2 Å². The van der Waals surface area contributed by atoms with Crippen molar-refractivity contribution in [1.29, 1.82) is 0 Å². The molecule has 3 aromatic carbocycles. The van der Waals surface area contributed by atoms with E-state index < -0.39 is 11.9 Å². The molecule has 0 aliphatic carbocycles. The molecule has 0 fully saturated rings. The van der Waals surface area contributed by atoms with Gasteiger partial charge in [-0.1, -0.05) is 63.6 Å². The Labute approximate surface area is 263 Å². The molecule has 11 heteroatoms. The lowest BCUT2D eigenvalue weighted by atomic mass is 10.1. The Hall–Kier alpha value is -3.05. The largest absolute Gasteiger partial charge is 0.506 e. The molecule has 1 heterocycles. The van der Waals surface area contributed by atoms with E-state index in [-0.39, 0.29) is 33.6 Å². The zero-order valence-electron chi connectivity index (χ0n) is 21.9. The molecule has 0 aromatic heterocycles. The molecule has 0 spiro atoms. The number of hydrogen-bond donors (Lipinski definition) is 1. The predicted octanol–water partition coefficient (Wildman–Crippen LogP) is 8.54. The molecule has 4 rings (SSSR count). The molecular weight excluding hydrogens is 698 g/mol. The standard InChI is InChI=1S/C30H24Br2ClNO6S/c1-3-38-23-14-18(13-21(32)27(23)40-16-17-9-11-19(31)12-10-17)15-24-26(35)25(30(37)39-4-2)29(41-24)34-28(36)20-7-5-6-8-22(20)33/h5-15,35H,3-4,16H2,1-2H3/b24-15-,34-29?. The molecule has 1 aliphatic heterocycles. The van der Waals surface area contributed by atoms with E-state index in [4.69, 9.17) is 25.8 Å². The van der Waals surface area contributed by atoms with Gasteiger partial charge in [0, 0.05) is 4.47 Å². The number of benzene rings is 3. The van der Waals surface area contributed by atoms with Gasteiger partial charge in [-0.2, -0.15) is 0 Å².